The molecular formula is C14H14NO7P. The quantitative estimate of drug-likeness (QED) is 0.524. The highest BCUT2D eigenvalue weighted by Crippen LogP contribution is 2.39. The molecule has 0 saturated carbocycles. The number of carbonyl (C=O) groups excluding carboxylic acids is 1. The van der Waals surface area contributed by atoms with Crippen molar-refractivity contribution in [3.8, 4) is 5.75 Å². The first-order valence-electron chi connectivity index (χ1n) is 6.44. The number of rotatable bonds is 4. The van der Waals surface area contributed by atoms with Gasteiger partial charge in [-0.05, 0) is 17.7 Å². The Morgan fingerprint density at radius 1 is 1.13 bits per heavy atom. The fraction of sp³-hybridized carbons (Fsp3) is 0.143. The number of aliphatic hydroxyl groups excluding tert-OH is 2. The van der Waals surface area contributed by atoms with Crippen molar-refractivity contribution in [2.45, 2.75) is 12.8 Å². The van der Waals surface area contributed by atoms with E-state index in [1.165, 1.54) is 24.3 Å². The van der Waals surface area contributed by atoms with Crippen molar-refractivity contribution in [1.82, 2.24) is 0 Å². The molecule has 122 valence electrons. The van der Waals surface area contributed by atoms with Gasteiger partial charge in [0.15, 0.2) is 5.78 Å². The molecule has 0 radical (unpaired) electrons. The van der Waals surface area contributed by atoms with Crippen LogP contribution < -0.4 is 0 Å². The molecule has 0 unspecified atom stereocenters. The maximum Gasteiger partial charge on any atom is 0.448 e. The van der Waals surface area contributed by atoms with Crippen LogP contribution in [0.2, 0.25) is 0 Å². The van der Waals surface area contributed by atoms with Gasteiger partial charge in [-0.2, -0.15) is 4.76 Å². The standard InChI is InChI=1S/C14H14NO7P/c16-9-3-1-8(2-4-9)5-12(18)14-11(15-23(20,21)22)6-10(17)7-13(14)19/h1-4,7,16-17,19H,5-6H2,(H2,20,21,22). The molecule has 1 aliphatic rings. The van der Waals surface area contributed by atoms with Crippen LogP contribution in [0.1, 0.15) is 12.0 Å². The Hall–Kier alpha value is -2.41. The second-order valence-electron chi connectivity index (χ2n) is 4.90. The monoisotopic (exact) mass is 339 g/mol. The molecule has 23 heavy (non-hydrogen) atoms. The van der Waals surface area contributed by atoms with E-state index in [1.54, 1.807) is 0 Å². The first-order valence-corrected chi connectivity index (χ1v) is 8.01. The van der Waals surface area contributed by atoms with Crippen molar-refractivity contribution in [3.05, 3.63) is 53.0 Å². The Kier molecular flexibility index (Phi) is 4.70. The van der Waals surface area contributed by atoms with Crippen molar-refractivity contribution in [2.24, 2.45) is 4.76 Å². The van der Waals surface area contributed by atoms with E-state index in [0.29, 0.717) is 5.56 Å². The SMILES string of the molecule is O=C(Cc1ccc(O)cc1)C1=C(O)C=C(O)CC1=NP(=O)(O)O. The van der Waals surface area contributed by atoms with Crippen molar-refractivity contribution in [2.75, 3.05) is 0 Å². The molecule has 0 fully saturated rings. The molecule has 0 heterocycles. The number of hydrogen-bond acceptors (Lipinski definition) is 5. The number of aromatic hydroxyl groups is 1. The number of phenols is 1. The van der Waals surface area contributed by atoms with Gasteiger partial charge in [0, 0.05) is 18.9 Å². The lowest BCUT2D eigenvalue weighted by atomic mass is 9.93. The Morgan fingerprint density at radius 3 is 2.30 bits per heavy atom. The largest absolute Gasteiger partial charge is 0.512 e. The van der Waals surface area contributed by atoms with E-state index in [2.05, 4.69) is 4.76 Å². The fourth-order valence-electron chi connectivity index (χ4n) is 2.12. The van der Waals surface area contributed by atoms with Gasteiger partial charge in [-0.3, -0.25) is 4.79 Å². The number of nitrogens with zero attached hydrogens (tertiary/aromatic N) is 1. The van der Waals surface area contributed by atoms with E-state index in [-0.39, 0.29) is 35.6 Å². The van der Waals surface area contributed by atoms with Gasteiger partial charge in [0.25, 0.3) is 0 Å². The van der Waals surface area contributed by atoms with Crippen LogP contribution in [0.5, 0.6) is 5.75 Å². The van der Waals surface area contributed by atoms with Crippen molar-refractivity contribution < 1.29 is 34.5 Å². The molecular weight excluding hydrogens is 325 g/mol. The second-order valence-corrected chi connectivity index (χ2v) is 6.13. The number of hydrogen-bond donors (Lipinski definition) is 5. The van der Waals surface area contributed by atoms with Crippen LogP contribution >= 0.6 is 7.75 Å². The van der Waals surface area contributed by atoms with Crippen molar-refractivity contribution in [3.63, 3.8) is 0 Å². The molecule has 8 nitrogen and oxygen atoms in total. The van der Waals surface area contributed by atoms with E-state index in [1.807, 2.05) is 0 Å². The van der Waals surface area contributed by atoms with Gasteiger partial charge in [-0.1, -0.05) is 12.1 Å². The number of Topliss-reactive ketones (excluding diaryl/α,β-unsaturated/α-hetero) is 1. The second kappa shape index (κ2) is 6.37. The number of carbonyl (C=O) groups is 1. The Morgan fingerprint density at radius 2 is 1.74 bits per heavy atom. The van der Waals surface area contributed by atoms with E-state index >= 15 is 0 Å². The van der Waals surface area contributed by atoms with Crippen LogP contribution in [0.4, 0.5) is 0 Å². The fourth-order valence-corrected chi connectivity index (χ4v) is 2.61. The molecule has 0 bridgehead atoms. The molecule has 0 aliphatic heterocycles. The summed E-state index contributed by atoms with van der Waals surface area (Å²) >= 11 is 0. The summed E-state index contributed by atoms with van der Waals surface area (Å²) in [6.07, 6.45) is 0.392. The number of aliphatic hydroxyl groups is 2. The maximum atomic E-state index is 12.3. The maximum absolute atomic E-state index is 12.3. The molecule has 0 aromatic heterocycles. The van der Waals surface area contributed by atoms with E-state index in [9.17, 15) is 24.7 Å². The molecule has 1 aromatic carbocycles. The third-order valence-electron chi connectivity index (χ3n) is 3.03. The lowest BCUT2D eigenvalue weighted by Crippen LogP contribution is -2.21. The summed E-state index contributed by atoms with van der Waals surface area (Å²) in [5.41, 5.74) is -0.193. The highest BCUT2D eigenvalue weighted by atomic mass is 31.2. The first kappa shape index (κ1) is 17.0. The molecule has 1 aliphatic carbocycles. The predicted molar refractivity (Wildman–Crippen MR) is 81.3 cm³/mol. The van der Waals surface area contributed by atoms with Crippen molar-refractivity contribution >= 4 is 19.2 Å². The normalized spacial score (nSPS) is 17.3. The highest BCUT2D eigenvalue weighted by Gasteiger charge is 2.28. The van der Waals surface area contributed by atoms with E-state index in [4.69, 9.17) is 9.79 Å². The highest BCUT2D eigenvalue weighted by molar-refractivity contribution is 7.50. The van der Waals surface area contributed by atoms with Crippen LogP contribution in [0.3, 0.4) is 0 Å². The average molecular weight is 339 g/mol. The number of phenolic OH excluding ortho intramolecular Hbond substituents is 1. The molecule has 0 saturated heterocycles. The summed E-state index contributed by atoms with van der Waals surface area (Å²) < 4.78 is 14.2. The minimum atomic E-state index is -4.83. The van der Waals surface area contributed by atoms with Crippen LogP contribution in [-0.4, -0.2) is 36.6 Å². The molecule has 5 N–H and O–H groups in total. The summed E-state index contributed by atoms with van der Waals surface area (Å²) in [5.74, 6) is -1.57. The molecule has 1 aromatic rings. The van der Waals surface area contributed by atoms with Gasteiger partial charge in [0.2, 0.25) is 0 Å². The predicted octanol–water partition coefficient (Wildman–Crippen LogP) is 1.70. The van der Waals surface area contributed by atoms with Crippen LogP contribution in [0.25, 0.3) is 0 Å². The third-order valence-corrected chi connectivity index (χ3v) is 3.53. The van der Waals surface area contributed by atoms with Gasteiger partial charge in [0.1, 0.15) is 17.3 Å². The molecule has 0 spiro atoms. The topological polar surface area (TPSA) is 148 Å². The number of allylic oxidation sites excluding steroid dienone is 3. The van der Waals surface area contributed by atoms with Gasteiger partial charge in [-0.25, -0.2) is 4.57 Å². The van der Waals surface area contributed by atoms with Crippen molar-refractivity contribution in [1.29, 1.82) is 0 Å². The molecule has 9 heteroatoms. The zero-order valence-corrected chi connectivity index (χ0v) is 12.6. The van der Waals surface area contributed by atoms with E-state index in [0.717, 1.165) is 6.08 Å². The lowest BCUT2D eigenvalue weighted by Gasteiger charge is -2.16. The molecule has 0 atom stereocenters. The number of benzene rings is 1. The van der Waals surface area contributed by atoms with Crippen LogP contribution in [0, 0.1) is 0 Å². The Labute approximate surface area is 131 Å². The Balaban J connectivity index is 2.37. The van der Waals surface area contributed by atoms with Gasteiger partial charge in [-0.15, -0.1) is 0 Å². The minimum absolute atomic E-state index is 0.0255. The van der Waals surface area contributed by atoms with Gasteiger partial charge >= 0.3 is 7.75 Å². The minimum Gasteiger partial charge on any atom is -0.512 e. The molecule has 0 amide bonds. The van der Waals surface area contributed by atoms with E-state index < -0.39 is 19.3 Å². The summed E-state index contributed by atoms with van der Waals surface area (Å²) in [6.45, 7) is 0. The molecule has 2 rings (SSSR count). The van der Waals surface area contributed by atoms with Gasteiger partial charge in [0.05, 0.1) is 11.3 Å². The zero-order chi connectivity index (χ0) is 17.2. The first-order chi connectivity index (χ1) is 10.7. The summed E-state index contributed by atoms with van der Waals surface area (Å²) in [7, 11) is -4.83. The average Bonchev–Trinajstić information content (AvgIpc) is 2.38. The summed E-state index contributed by atoms with van der Waals surface area (Å²) in [5, 5.41) is 28.5. The lowest BCUT2D eigenvalue weighted by molar-refractivity contribution is -0.114. The Bertz CT molecular complexity index is 771. The third kappa shape index (κ3) is 4.53. The van der Waals surface area contributed by atoms with Gasteiger partial charge < -0.3 is 25.1 Å². The van der Waals surface area contributed by atoms with Crippen LogP contribution in [-0.2, 0) is 15.8 Å². The zero-order valence-electron chi connectivity index (χ0n) is 11.7. The summed E-state index contributed by atoms with van der Waals surface area (Å²) in [4.78, 5) is 30.2. The number of ketones is 1. The van der Waals surface area contributed by atoms with Crippen LogP contribution in [0.15, 0.2) is 52.2 Å². The smallest absolute Gasteiger partial charge is 0.448 e. The summed E-state index contributed by atoms with van der Waals surface area (Å²) in [6, 6.07) is 5.77.